The maximum absolute atomic E-state index is 14.1. The predicted molar refractivity (Wildman–Crippen MR) is 109 cm³/mol. The Morgan fingerprint density at radius 2 is 1.80 bits per heavy atom. The van der Waals surface area contributed by atoms with Gasteiger partial charge in [0.1, 0.15) is 17.9 Å². The number of benzene rings is 3. The van der Waals surface area contributed by atoms with Crippen molar-refractivity contribution < 1.29 is 13.9 Å². The summed E-state index contributed by atoms with van der Waals surface area (Å²) in [5, 5.41) is 16.4. The van der Waals surface area contributed by atoms with Gasteiger partial charge in [0.15, 0.2) is 5.75 Å². The molecule has 0 atom stereocenters. The van der Waals surface area contributed by atoms with Crippen molar-refractivity contribution in [2.75, 3.05) is 17.2 Å². The average Bonchev–Trinajstić information content (AvgIpc) is 3.30. The molecular weight excluding hydrogens is 387 g/mol. The van der Waals surface area contributed by atoms with E-state index in [4.69, 9.17) is 4.74 Å². The second kappa shape index (κ2) is 8.82. The topological polar surface area (TPSA) is 94.0 Å². The number of nitrogens with zero attached hydrogens (tertiary/aromatic N) is 4. The summed E-state index contributed by atoms with van der Waals surface area (Å²) in [6.07, 6.45) is 1.40. The van der Waals surface area contributed by atoms with Crippen LogP contribution in [-0.2, 0) is 4.79 Å². The second-order valence-electron chi connectivity index (χ2n) is 6.23. The van der Waals surface area contributed by atoms with E-state index in [-0.39, 0.29) is 18.1 Å². The molecule has 30 heavy (non-hydrogen) atoms. The van der Waals surface area contributed by atoms with Gasteiger partial charge in [-0.3, -0.25) is 4.79 Å². The van der Waals surface area contributed by atoms with Gasteiger partial charge in [-0.05, 0) is 52.9 Å². The van der Waals surface area contributed by atoms with Crippen LogP contribution in [0.2, 0.25) is 0 Å². The molecule has 8 nitrogen and oxygen atoms in total. The summed E-state index contributed by atoms with van der Waals surface area (Å²) in [5.74, 6) is 0.307. The standard InChI is InChI=1S/C21H17FN6O2/c22-17-11-10-15(28-14-24-26-27-28)12-19(17)23-13-21(29)25-18-8-4-5-9-20(18)30-16-6-2-1-3-7-16/h1-12,14,23H,13H2,(H,25,29). The van der Waals surface area contributed by atoms with Gasteiger partial charge in [-0.2, -0.15) is 0 Å². The van der Waals surface area contributed by atoms with Crippen LogP contribution in [0, 0.1) is 5.82 Å². The molecule has 1 heterocycles. The molecule has 4 aromatic rings. The summed E-state index contributed by atoms with van der Waals surface area (Å²) in [4.78, 5) is 12.4. The van der Waals surface area contributed by atoms with Crippen LogP contribution in [0.5, 0.6) is 11.5 Å². The van der Waals surface area contributed by atoms with Crippen molar-refractivity contribution in [2.24, 2.45) is 0 Å². The fourth-order valence-electron chi connectivity index (χ4n) is 2.72. The summed E-state index contributed by atoms with van der Waals surface area (Å²) in [5.41, 5.74) is 1.23. The Morgan fingerprint density at radius 3 is 2.60 bits per heavy atom. The van der Waals surface area contributed by atoms with Crippen LogP contribution in [0.4, 0.5) is 15.8 Å². The molecule has 0 fully saturated rings. The van der Waals surface area contributed by atoms with Crippen LogP contribution in [0.15, 0.2) is 79.1 Å². The molecule has 0 aliphatic carbocycles. The number of tetrazole rings is 1. The average molecular weight is 404 g/mol. The molecule has 0 radical (unpaired) electrons. The van der Waals surface area contributed by atoms with E-state index in [1.54, 1.807) is 18.2 Å². The van der Waals surface area contributed by atoms with Crippen molar-refractivity contribution in [2.45, 2.75) is 0 Å². The van der Waals surface area contributed by atoms with Gasteiger partial charge in [-0.15, -0.1) is 5.10 Å². The summed E-state index contributed by atoms with van der Waals surface area (Å²) >= 11 is 0. The van der Waals surface area contributed by atoms with E-state index < -0.39 is 5.82 Å². The number of para-hydroxylation sites is 3. The third kappa shape index (κ3) is 4.58. The molecule has 0 aliphatic heterocycles. The van der Waals surface area contributed by atoms with E-state index in [1.807, 2.05) is 36.4 Å². The predicted octanol–water partition coefficient (Wildman–Crippen LogP) is 3.64. The van der Waals surface area contributed by atoms with Gasteiger partial charge in [0.05, 0.1) is 23.6 Å². The minimum atomic E-state index is -0.493. The van der Waals surface area contributed by atoms with Gasteiger partial charge < -0.3 is 15.4 Å². The van der Waals surface area contributed by atoms with Crippen molar-refractivity contribution in [3.63, 3.8) is 0 Å². The third-order valence-corrected chi connectivity index (χ3v) is 4.14. The van der Waals surface area contributed by atoms with E-state index >= 15 is 0 Å². The van der Waals surface area contributed by atoms with E-state index in [9.17, 15) is 9.18 Å². The zero-order chi connectivity index (χ0) is 20.8. The van der Waals surface area contributed by atoms with Crippen molar-refractivity contribution in [3.05, 3.63) is 84.9 Å². The molecular formula is C21H17FN6O2. The fourth-order valence-corrected chi connectivity index (χ4v) is 2.72. The minimum absolute atomic E-state index is 0.143. The number of carbonyl (C=O) groups excluding carboxylic acids is 1. The molecule has 0 spiro atoms. The van der Waals surface area contributed by atoms with E-state index in [1.165, 1.54) is 29.2 Å². The first-order valence-corrected chi connectivity index (χ1v) is 9.07. The number of carbonyl (C=O) groups is 1. The lowest BCUT2D eigenvalue weighted by atomic mass is 10.2. The smallest absolute Gasteiger partial charge is 0.243 e. The lowest BCUT2D eigenvalue weighted by Crippen LogP contribution is -2.22. The quantitative estimate of drug-likeness (QED) is 0.488. The Balaban J connectivity index is 1.42. The highest BCUT2D eigenvalue weighted by Crippen LogP contribution is 2.29. The molecule has 0 unspecified atom stereocenters. The maximum Gasteiger partial charge on any atom is 0.243 e. The van der Waals surface area contributed by atoms with Gasteiger partial charge in [0.2, 0.25) is 5.91 Å². The lowest BCUT2D eigenvalue weighted by molar-refractivity contribution is -0.114. The molecule has 9 heteroatoms. The van der Waals surface area contributed by atoms with Gasteiger partial charge in [0.25, 0.3) is 0 Å². The number of ether oxygens (including phenoxy) is 1. The molecule has 1 aromatic heterocycles. The number of anilines is 2. The van der Waals surface area contributed by atoms with Gasteiger partial charge in [-0.25, -0.2) is 9.07 Å². The van der Waals surface area contributed by atoms with E-state index in [0.29, 0.717) is 22.9 Å². The number of hydrogen-bond donors (Lipinski definition) is 2. The van der Waals surface area contributed by atoms with Crippen LogP contribution in [0.3, 0.4) is 0 Å². The summed E-state index contributed by atoms with van der Waals surface area (Å²) in [6.45, 7) is -0.143. The Kier molecular flexibility index (Phi) is 5.61. The largest absolute Gasteiger partial charge is 0.455 e. The number of rotatable bonds is 7. The minimum Gasteiger partial charge on any atom is -0.455 e. The highest BCUT2D eigenvalue weighted by atomic mass is 19.1. The number of hydrogen-bond acceptors (Lipinski definition) is 6. The molecule has 0 saturated carbocycles. The second-order valence-corrected chi connectivity index (χ2v) is 6.23. The molecule has 0 bridgehead atoms. The van der Waals surface area contributed by atoms with Crippen molar-refractivity contribution in [1.29, 1.82) is 0 Å². The highest BCUT2D eigenvalue weighted by molar-refractivity contribution is 5.95. The van der Waals surface area contributed by atoms with Crippen molar-refractivity contribution >= 4 is 17.3 Å². The summed E-state index contributed by atoms with van der Waals surface area (Å²) in [7, 11) is 0. The lowest BCUT2D eigenvalue weighted by Gasteiger charge is -2.13. The molecule has 0 aliphatic rings. The summed E-state index contributed by atoms with van der Waals surface area (Å²) in [6, 6.07) is 20.7. The Morgan fingerprint density at radius 1 is 1.00 bits per heavy atom. The summed E-state index contributed by atoms with van der Waals surface area (Å²) < 4.78 is 21.3. The molecule has 1 amide bonds. The zero-order valence-corrected chi connectivity index (χ0v) is 15.7. The van der Waals surface area contributed by atoms with E-state index in [0.717, 1.165) is 0 Å². The van der Waals surface area contributed by atoms with Crippen LogP contribution in [0.25, 0.3) is 5.69 Å². The Hall–Kier alpha value is -4.27. The monoisotopic (exact) mass is 404 g/mol. The molecule has 4 rings (SSSR count). The SMILES string of the molecule is O=C(CNc1cc(-n2cnnn2)ccc1F)Nc1ccccc1Oc1ccccc1. The van der Waals surface area contributed by atoms with Crippen LogP contribution >= 0.6 is 0 Å². The third-order valence-electron chi connectivity index (χ3n) is 4.14. The molecule has 150 valence electrons. The number of amides is 1. The van der Waals surface area contributed by atoms with Gasteiger partial charge in [0, 0.05) is 0 Å². The van der Waals surface area contributed by atoms with Crippen molar-refractivity contribution in [3.8, 4) is 17.2 Å². The first-order valence-electron chi connectivity index (χ1n) is 9.07. The number of nitrogens with one attached hydrogen (secondary N) is 2. The Labute approximate surface area is 171 Å². The highest BCUT2D eigenvalue weighted by Gasteiger charge is 2.11. The molecule has 0 saturated heterocycles. The fraction of sp³-hybridized carbons (Fsp3) is 0.0476. The Bertz CT molecular complexity index is 1140. The first kappa shape index (κ1) is 19.1. The van der Waals surface area contributed by atoms with Gasteiger partial charge in [-0.1, -0.05) is 30.3 Å². The number of aromatic nitrogens is 4. The number of halogens is 1. The normalized spacial score (nSPS) is 10.4. The van der Waals surface area contributed by atoms with Crippen molar-refractivity contribution in [1.82, 2.24) is 20.2 Å². The van der Waals surface area contributed by atoms with Gasteiger partial charge >= 0.3 is 0 Å². The van der Waals surface area contributed by atoms with Crippen LogP contribution < -0.4 is 15.4 Å². The maximum atomic E-state index is 14.1. The zero-order valence-electron chi connectivity index (χ0n) is 15.7. The van der Waals surface area contributed by atoms with E-state index in [2.05, 4.69) is 26.2 Å². The molecule has 2 N–H and O–H groups in total. The van der Waals surface area contributed by atoms with Crippen LogP contribution in [0.1, 0.15) is 0 Å². The van der Waals surface area contributed by atoms with Crippen LogP contribution in [-0.4, -0.2) is 32.7 Å². The first-order chi connectivity index (χ1) is 14.7. The molecule has 3 aromatic carbocycles.